The molecule has 2 aromatic rings. The van der Waals surface area contributed by atoms with Crippen molar-refractivity contribution < 1.29 is 4.74 Å². The molecule has 3 rings (SSSR count). The number of benzene rings is 1. The van der Waals surface area contributed by atoms with Gasteiger partial charge >= 0.3 is 0 Å². The number of likely N-dealkylation sites (N-methyl/N-ethyl adjacent to an activating group) is 1. The molecular formula is C16H22N4O. The molecule has 1 fully saturated rings. The Labute approximate surface area is 125 Å². The quantitative estimate of drug-likeness (QED) is 0.928. The highest BCUT2D eigenvalue weighted by molar-refractivity contribution is 5.93. The summed E-state index contributed by atoms with van der Waals surface area (Å²) in [6.07, 6.45) is 0. The molecule has 112 valence electrons. The normalized spacial score (nSPS) is 19.1. The van der Waals surface area contributed by atoms with E-state index >= 15 is 0 Å². The maximum absolute atomic E-state index is 5.64. The van der Waals surface area contributed by atoms with Gasteiger partial charge in [-0.2, -0.15) is 5.10 Å². The predicted molar refractivity (Wildman–Crippen MR) is 84.8 cm³/mol. The number of aryl methyl sites for hydroxylation is 1. The Hall–Kier alpha value is -1.72. The van der Waals surface area contributed by atoms with E-state index in [2.05, 4.69) is 51.6 Å². The Balaban J connectivity index is 1.99. The second kappa shape index (κ2) is 6.37. The Bertz CT molecular complexity index is 616. The molecule has 1 aromatic carbocycles. The largest absolute Gasteiger partial charge is 0.377 e. The number of aromatic nitrogens is 2. The van der Waals surface area contributed by atoms with Crippen molar-refractivity contribution in [3.63, 3.8) is 0 Å². The summed E-state index contributed by atoms with van der Waals surface area (Å²) in [6, 6.07) is 8.66. The minimum atomic E-state index is 0.305. The van der Waals surface area contributed by atoms with Gasteiger partial charge < -0.3 is 15.0 Å². The lowest BCUT2D eigenvalue weighted by Gasteiger charge is -2.37. The topological polar surface area (TPSA) is 50.3 Å². The molecule has 1 unspecified atom stereocenters. The van der Waals surface area contributed by atoms with Crippen LogP contribution in [-0.2, 0) is 4.74 Å². The first kappa shape index (κ1) is 14.2. The second-order valence-electron chi connectivity index (χ2n) is 5.38. The summed E-state index contributed by atoms with van der Waals surface area (Å²) in [4.78, 5) is 2.33. The molecule has 0 spiro atoms. The van der Waals surface area contributed by atoms with E-state index in [0.717, 1.165) is 44.4 Å². The Morgan fingerprint density at radius 2 is 2.10 bits per heavy atom. The number of anilines is 1. The van der Waals surface area contributed by atoms with Crippen LogP contribution >= 0.6 is 0 Å². The number of rotatable bonds is 4. The van der Waals surface area contributed by atoms with Gasteiger partial charge in [-0.05, 0) is 13.5 Å². The van der Waals surface area contributed by atoms with Crippen LogP contribution in [0.1, 0.15) is 12.6 Å². The van der Waals surface area contributed by atoms with Crippen LogP contribution in [0.2, 0.25) is 0 Å². The number of nitrogens with one attached hydrogen (secondary N) is 1. The molecule has 0 radical (unpaired) electrons. The molecule has 1 aliphatic heterocycles. The van der Waals surface area contributed by atoms with Crippen molar-refractivity contribution >= 4 is 16.6 Å². The lowest BCUT2D eigenvalue weighted by atomic mass is 10.1. The lowest BCUT2D eigenvalue weighted by molar-refractivity contribution is 0.0936. The van der Waals surface area contributed by atoms with Crippen LogP contribution in [0.3, 0.4) is 0 Å². The third-order valence-electron chi connectivity index (χ3n) is 3.98. The molecule has 2 heterocycles. The fourth-order valence-corrected chi connectivity index (χ4v) is 2.85. The van der Waals surface area contributed by atoms with Crippen molar-refractivity contribution in [1.82, 2.24) is 15.5 Å². The highest BCUT2D eigenvalue weighted by Crippen LogP contribution is 2.27. The van der Waals surface area contributed by atoms with Crippen molar-refractivity contribution in [2.75, 3.05) is 37.7 Å². The molecule has 0 bridgehead atoms. The Kier molecular flexibility index (Phi) is 4.31. The van der Waals surface area contributed by atoms with Crippen molar-refractivity contribution in [2.45, 2.75) is 19.9 Å². The van der Waals surface area contributed by atoms with E-state index in [-0.39, 0.29) is 0 Å². The molecule has 1 N–H and O–H groups in total. The zero-order valence-corrected chi connectivity index (χ0v) is 12.7. The third-order valence-corrected chi connectivity index (χ3v) is 3.98. The summed E-state index contributed by atoms with van der Waals surface area (Å²) in [6.45, 7) is 8.33. The average Bonchev–Trinajstić information content (AvgIpc) is 2.54. The van der Waals surface area contributed by atoms with E-state index in [4.69, 9.17) is 4.74 Å². The van der Waals surface area contributed by atoms with Crippen LogP contribution in [-0.4, -0.2) is 49.1 Å². The summed E-state index contributed by atoms with van der Waals surface area (Å²) in [5.74, 6) is 0.974. The van der Waals surface area contributed by atoms with Crippen LogP contribution in [0.4, 0.5) is 5.82 Å². The summed E-state index contributed by atoms with van der Waals surface area (Å²) in [5.41, 5.74) is 0.978. The van der Waals surface area contributed by atoms with Crippen molar-refractivity contribution in [2.24, 2.45) is 0 Å². The van der Waals surface area contributed by atoms with Gasteiger partial charge in [0, 0.05) is 23.9 Å². The first-order valence-electron chi connectivity index (χ1n) is 7.58. The van der Waals surface area contributed by atoms with Crippen molar-refractivity contribution in [3.8, 4) is 0 Å². The Morgan fingerprint density at radius 1 is 1.29 bits per heavy atom. The molecule has 5 heteroatoms. The van der Waals surface area contributed by atoms with Crippen LogP contribution in [0.15, 0.2) is 24.3 Å². The van der Waals surface area contributed by atoms with Crippen LogP contribution < -0.4 is 10.2 Å². The van der Waals surface area contributed by atoms with Crippen molar-refractivity contribution in [1.29, 1.82) is 0 Å². The molecule has 5 nitrogen and oxygen atoms in total. The lowest BCUT2D eigenvalue weighted by Crippen LogP contribution is -2.51. The number of nitrogens with zero attached hydrogens (tertiary/aromatic N) is 3. The molecule has 0 amide bonds. The molecule has 1 aromatic heterocycles. The number of hydrogen-bond acceptors (Lipinski definition) is 5. The monoisotopic (exact) mass is 286 g/mol. The van der Waals surface area contributed by atoms with Crippen molar-refractivity contribution in [3.05, 3.63) is 30.0 Å². The van der Waals surface area contributed by atoms with Gasteiger partial charge in [-0.1, -0.05) is 31.2 Å². The van der Waals surface area contributed by atoms with Gasteiger partial charge in [-0.15, -0.1) is 5.10 Å². The van der Waals surface area contributed by atoms with Gasteiger partial charge in [-0.3, -0.25) is 0 Å². The first-order chi connectivity index (χ1) is 10.3. The van der Waals surface area contributed by atoms with E-state index in [1.165, 1.54) is 10.8 Å². The van der Waals surface area contributed by atoms with E-state index in [1.54, 1.807) is 0 Å². The highest BCUT2D eigenvalue weighted by atomic mass is 16.5. The van der Waals surface area contributed by atoms with Gasteiger partial charge in [-0.25, -0.2) is 0 Å². The molecule has 0 aliphatic carbocycles. The maximum Gasteiger partial charge on any atom is 0.159 e. The molecular weight excluding hydrogens is 264 g/mol. The zero-order chi connectivity index (χ0) is 14.7. The summed E-state index contributed by atoms with van der Waals surface area (Å²) >= 11 is 0. The molecule has 1 atom stereocenters. The molecule has 21 heavy (non-hydrogen) atoms. The number of hydrogen-bond donors (Lipinski definition) is 1. The van der Waals surface area contributed by atoms with Gasteiger partial charge in [0.1, 0.15) is 0 Å². The molecule has 1 aliphatic rings. The fourth-order valence-electron chi connectivity index (χ4n) is 2.85. The highest BCUT2D eigenvalue weighted by Gasteiger charge is 2.25. The number of morpholine rings is 1. The van der Waals surface area contributed by atoms with E-state index < -0.39 is 0 Å². The first-order valence-corrected chi connectivity index (χ1v) is 7.58. The maximum atomic E-state index is 5.64. The summed E-state index contributed by atoms with van der Waals surface area (Å²) in [7, 11) is 0. The van der Waals surface area contributed by atoms with Crippen LogP contribution in [0.5, 0.6) is 0 Å². The van der Waals surface area contributed by atoms with Gasteiger partial charge in [0.25, 0.3) is 0 Å². The van der Waals surface area contributed by atoms with Gasteiger partial charge in [0.15, 0.2) is 5.82 Å². The third kappa shape index (κ3) is 2.84. The SMILES string of the molecule is CCNCC1COCCN1c1nnc(C)c2ccccc12. The Morgan fingerprint density at radius 3 is 2.90 bits per heavy atom. The van der Waals surface area contributed by atoms with E-state index in [9.17, 15) is 0 Å². The minimum Gasteiger partial charge on any atom is -0.377 e. The fraction of sp³-hybridized carbons (Fsp3) is 0.500. The summed E-state index contributed by atoms with van der Waals surface area (Å²) < 4.78 is 5.64. The standard InChI is InChI=1S/C16H22N4O/c1-3-17-10-13-11-21-9-8-20(13)16-15-7-5-4-6-14(15)12(2)18-19-16/h4-7,13,17H,3,8-11H2,1-2H3. The van der Waals surface area contributed by atoms with Crippen LogP contribution in [0.25, 0.3) is 10.8 Å². The summed E-state index contributed by atoms with van der Waals surface area (Å²) in [5, 5.41) is 14.6. The molecule has 1 saturated heterocycles. The predicted octanol–water partition coefficient (Wildman–Crippen LogP) is 1.75. The minimum absolute atomic E-state index is 0.305. The van der Waals surface area contributed by atoms with E-state index in [0.29, 0.717) is 6.04 Å². The smallest absolute Gasteiger partial charge is 0.159 e. The van der Waals surface area contributed by atoms with Gasteiger partial charge in [0.2, 0.25) is 0 Å². The number of ether oxygens (including phenoxy) is 1. The number of fused-ring (bicyclic) bond motifs is 1. The van der Waals surface area contributed by atoms with Crippen LogP contribution in [0, 0.1) is 6.92 Å². The van der Waals surface area contributed by atoms with E-state index in [1.807, 2.05) is 6.92 Å². The molecule has 0 saturated carbocycles. The zero-order valence-electron chi connectivity index (χ0n) is 12.7. The average molecular weight is 286 g/mol. The van der Waals surface area contributed by atoms with Gasteiger partial charge in [0.05, 0.1) is 24.9 Å². The second-order valence-corrected chi connectivity index (χ2v) is 5.38.